The van der Waals surface area contributed by atoms with Crippen LogP contribution in [0.25, 0.3) is 0 Å². The third-order valence-electron chi connectivity index (χ3n) is 5.41. The van der Waals surface area contributed by atoms with E-state index in [1.54, 1.807) is 0 Å². The maximum Gasteiger partial charge on any atom is 0.0108 e. The van der Waals surface area contributed by atoms with Crippen LogP contribution >= 0.6 is 0 Å². The van der Waals surface area contributed by atoms with E-state index in [1.165, 1.54) is 51.6 Å². The summed E-state index contributed by atoms with van der Waals surface area (Å²) >= 11 is 0. The van der Waals surface area contributed by atoms with Gasteiger partial charge in [0, 0.05) is 18.6 Å². The third-order valence-corrected chi connectivity index (χ3v) is 5.41. The Bertz CT molecular complexity index is 264. The fourth-order valence-electron chi connectivity index (χ4n) is 3.94. The van der Waals surface area contributed by atoms with Crippen LogP contribution in [0.4, 0.5) is 0 Å². The first kappa shape index (κ1) is 19.0. The molecule has 2 heteroatoms. The Balaban J connectivity index is 2.55. The molecule has 0 amide bonds. The Morgan fingerprint density at radius 2 is 1.86 bits per heavy atom. The molecule has 0 spiro atoms. The van der Waals surface area contributed by atoms with Crippen molar-refractivity contribution >= 4 is 0 Å². The topological polar surface area (TPSA) is 15.3 Å². The second-order valence-corrected chi connectivity index (χ2v) is 7.83. The standard InChI is InChI=1S/C19H40N2/c1-7-11-20-19-10-9-17(8-2)13-18(19)14-21(6)16(5)12-15(3)4/h15-20H,7-14H2,1-6H3. The van der Waals surface area contributed by atoms with Gasteiger partial charge in [0.25, 0.3) is 0 Å². The third kappa shape index (κ3) is 6.69. The minimum atomic E-state index is 0.707. The van der Waals surface area contributed by atoms with E-state index in [-0.39, 0.29) is 0 Å². The van der Waals surface area contributed by atoms with E-state index in [0.717, 1.165) is 23.8 Å². The minimum Gasteiger partial charge on any atom is -0.314 e. The zero-order chi connectivity index (χ0) is 15.8. The molecule has 2 nitrogen and oxygen atoms in total. The van der Waals surface area contributed by atoms with Gasteiger partial charge in [-0.3, -0.25) is 0 Å². The molecule has 0 aromatic carbocycles. The van der Waals surface area contributed by atoms with Gasteiger partial charge < -0.3 is 10.2 Å². The zero-order valence-corrected chi connectivity index (χ0v) is 15.5. The van der Waals surface area contributed by atoms with E-state index in [9.17, 15) is 0 Å². The fourth-order valence-corrected chi connectivity index (χ4v) is 3.94. The summed E-state index contributed by atoms with van der Waals surface area (Å²) in [6.07, 6.45) is 8.17. The number of nitrogens with one attached hydrogen (secondary N) is 1. The van der Waals surface area contributed by atoms with E-state index in [1.807, 2.05) is 0 Å². The number of rotatable bonds is 9. The quantitative estimate of drug-likeness (QED) is 0.671. The SMILES string of the molecule is CCCNC1CCC(CC)CC1CN(C)C(C)CC(C)C. The molecular formula is C19H40N2. The average molecular weight is 297 g/mol. The molecule has 4 unspecified atom stereocenters. The lowest BCUT2D eigenvalue weighted by Gasteiger charge is -2.40. The Hall–Kier alpha value is -0.0800. The summed E-state index contributed by atoms with van der Waals surface area (Å²) in [5.41, 5.74) is 0. The first-order valence-electron chi connectivity index (χ1n) is 9.41. The smallest absolute Gasteiger partial charge is 0.0108 e. The van der Waals surface area contributed by atoms with Crippen LogP contribution in [0.5, 0.6) is 0 Å². The van der Waals surface area contributed by atoms with Gasteiger partial charge in [-0.1, -0.05) is 34.1 Å². The fraction of sp³-hybridized carbons (Fsp3) is 1.00. The molecule has 126 valence electrons. The van der Waals surface area contributed by atoms with Crippen LogP contribution in [-0.2, 0) is 0 Å². The van der Waals surface area contributed by atoms with Crippen LogP contribution in [0.3, 0.4) is 0 Å². The average Bonchev–Trinajstić information content (AvgIpc) is 2.45. The molecule has 1 saturated carbocycles. The molecule has 0 aliphatic heterocycles. The van der Waals surface area contributed by atoms with Crippen LogP contribution in [-0.4, -0.2) is 37.1 Å². The van der Waals surface area contributed by atoms with Gasteiger partial charge in [-0.2, -0.15) is 0 Å². The van der Waals surface area contributed by atoms with Gasteiger partial charge >= 0.3 is 0 Å². The van der Waals surface area contributed by atoms with Crippen LogP contribution in [0.15, 0.2) is 0 Å². The Morgan fingerprint density at radius 3 is 2.43 bits per heavy atom. The molecule has 1 fully saturated rings. The molecule has 1 aliphatic rings. The summed E-state index contributed by atoms with van der Waals surface area (Å²) in [6.45, 7) is 14.2. The molecule has 0 radical (unpaired) electrons. The van der Waals surface area contributed by atoms with Crippen molar-refractivity contribution in [1.82, 2.24) is 10.2 Å². The number of hydrogen-bond donors (Lipinski definition) is 1. The van der Waals surface area contributed by atoms with E-state index >= 15 is 0 Å². The van der Waals surface area contributed by atoms with Gasteiger partial charge in [0.2, 0.25) is 0 Å². The summed E-state index contributed by atoms with van der Waals surface area (Å²) in [5.74, 6) is 2.60. The second kappa shape index (κ2) is 9.84. The second-order valence-electron chi connectivity index (χ2n) is 7.83. The van der Waals surface area contributed by atoms with E-state index in [4.69, 9.17) is 0 Å². The molecule has 21 heavy (non-hydrogen) atoms. The zero-order valence-electron chi connectivity index (χ0n) is 15.5. The highest BCUT2D eigenvalue weighted by atomic mass is 15.1. The normalized spacial score (nSPS) is 28.3. The highest BCUT2D eigenvalue weighted by molar-refractivity contribution is 4.86. The van der Waals surface area contributed by atoms with Gasteiger partial charge in [0.1, 0.15) is 0 Å². The van der Waals surface area contributed by atoms with E-state index in [0.29, 0.717) is 6.04 Å². The predicted octanol–water partition coefficient (Wildman–Crippen LogP) is 4.55. The maximum atomic E-state index is 3.82. The van der Waals surface area contributed by atoms with Gasteiger partial charge in [0.15, 0.2) is 0 Å². The molecule has 1 aliphatic carbocycles. The predicted molar refractivity (Wildman–Crippen MR) is 94.8 cm³/mol. The Labute approximate surface area is 134 Å². The molecule has 0 saturated heterocycles. The van der Waals surface area contributed by atoms with Crippen molar-refractivity contribution in [3.8, 4) is 0 Å². The van der Waals surface area contributed by atoms with Crippen LogP contribution < -0.4 is 5.32 Å². The first-order valence-corrected chi connectivity index (χ1v) is 9.41. The van der Waals surface area contributed by atoms with Crippen molar-refractivity contribution in [2.24, 2.45) is 17.8 Å². The van der Waals surface area contributed by atoms with Crippen molar-refractivity contribution in [2.75, 3.05) is 20.1 Å². The first-order chi connectivity index (χ1) is 9.97. The van der Waals surface area contributed by atoms with Crippen LogP contribution in [0, 0.1) is 17.8 Å². The summed E-state index contributed by atoms with van der Waals surface area (Å²) in [5, 5.41) is 3.82. The summed E-state index contributed by atoms with van der Waals surface area (Å²) in [6, 6.07) is 1.46. The lowest BCUT2D eigenvalue weighted by molar-refractivity contribution is 0.125. The van der Waals surface area contributed by atoms with Crippen LogP contribution in [0.2, 0.25) is 0 Å². The lowest BCUT2D eigenvalue weighted by atomic mass is 9.76. The summed E-state index contributed by atoms with van der Waals surface area (Å²) < 4.78 is 0. The Kier molecular flexibility index (Phi) is 8.89. The molecule has 0 heterocycles. The van der Waals surface area contributed by atoms with Crippen molar-refractivity contribution in [2.45, 2.75) is 85.2 Å². The largest absolute Gasteiger partial charge is 0.314 e. The van der Waals surface area contributed by atoms with Crippen molar-refractivity contribution in [1.29, 1.82) is 0 Å². The summed E-state index contributed by atoms with van der Waals surface area (Å²) in [7, 11) is 2.33. The van der Waals surface area contributed by atoms with Crippen molar-refractivity contribution < 1.29 is 0 Å². The molecule has 0 aromatic rings. The van der Waals surface area contributed by atoms with E-state index < -0.39 is 0 Å². The van der Waals surface area contributed by atoms with Gasteiger partial charge in [-0.15, -0.1) is 0 Å². The molecule has 0 aromatic heterocycles. The molecule has 4 atom stereocenters. The summed E-state index contributed by atoms with van der Waals surface area (Å²) in [4.78, 5) is 2.61. The maximum absolute atomic E-state index is 3.82. The van der Waals surface area contributed by atoms with E-state index in [2.05, 4.69) is 51.9 Å². The molecule has 1 rings (SSSR count). The molecular weight excluding hydrogens is 256 g/mol. The van der Waals surface area contributed by atoms with Crippen LogP contribution in [0.1, 0.15) is 73.1 Å². The molecule has 1 N–H and O–H groups in total. The minimum absolute atomic E-state index is 0.707. The number of nitrogens with zero attached hydrogens (tertiary/aromatic N) is 1. The van der Waals surface area contributed by atoms with Gasteiger partial charge in [-0.25, -0.2) is 0 Å². The lowest BCUT2D eigenvalue weighted by Crippen LogP contribution is -2.47. The van der Waals surface area contributed by atoms with Crippen molar-refractivity contribution in [3.63, 3.8) is 0 Å². The van der Waals surface area contributed by atoms with Gasteiger partial charge in [0.05, 0.1) is 0 Å². The highest BCUT2D eigenvalue weighted by Gasteiger charge is 2.30. The molecule has 0 bridgehead atoms. The highest BCUT2D eigenvalue weighted by Crippen LogP contribution is 2.32. The van der Waals surface area contributed by atoms with Gasteiger partial charge in [-0.05, 0) is 70.4 Å². The Morgan fingerprint density at radius 1 is 1.14 bits per heavy atom. The monoisotopic (exact) mass is 296 g/mol. The number of hydrogen-bond acceptors (Lipinski definition) is 2. The van der Waals surface area contributed by atoms with Crippen molar-refractivity contribution in [3.05, 3.63) is 0 Å².